The van der Waals surface area contributed by atoms with Crippen molar-refractivity contribution in [1.29, 1.82) is 0 Å². The summed E-state index contributed by atoms with van der Waals surface area (Å²) in [6, 6.07) is 2.52. The maximum absolute atomic E-state index is 12.8. The van der Waals surface area contributed by atoms with E-state index in [1.807, 2.05) is 0 Å². The third-order valence-corrected chi connectivity index (χ3v) is 5.70. The van der Waals surface area contributed by atoms with Crippen molar-refractivity contribution in [3.8, 4) is 0 Å². The van der Waals surface area contributed by atoms with Gasteiger partial charge in [0.15, 0.2) is 0 Å². The molecule has 126 valence electrons. The number of alkyl halides is 3. The highest BCUT2D eigenvalue weighted by Crippen LogP contribution is 2.33. The zero-order chi connectivity index (χ0) is 15.8. The maximum atomic E-state index is 12.8. The molecular formula is C13H18ClF3N2O2S. The lowest BCUT2D eigenvalue weighted by atomic mass is 10.1. The Morgan fingerprint density at radius 2 is 1.95 bits per heavy atom. The van der Waals surface area contributed by atoms with Gasteiger partial charge in [-0.2, -0.15) is 17.5 Å². The van der Waals surface area contributed by atoms with Crippen LogP contribution in [0.2, 0.25) is 0 Å². The lowest BCUT2D eigenvalue weighted by Crippen LogP contribution is -2.52. The average Bonchev–Trinajstić information content (AvgIpc) is 2.37. The monoisotopic (exact) mass is 358 g/mol. The highest BCUT2D eigenvalue weighted by atomic mass is 35.5. The molecule has 2 rings (SSSR count). The van der Waals surface area contributed by atoms with Crippen molar-refractivity contribution >= 4 is 22.4 Å². The fraction of sp³-hybridized carbons (Fsp3) is 0.538. The van der Waals surface area contributed by atoms with E-state index in [2.05, 4.69) is 5.32 Å². The molecule has 1 aliphatic heterocycles. The van der Waals surface area contributed by atoms with Crippen LogP contribution in [0.1, 0.15) is 18.1 Å². The van der Waals surface area contributed by atoms with Gasteiger partial charge < -0.3 is 5.32 Å². The Balaban J connectivity index is 0.00000242. The number of aryl methyl sites for hydroxylation is 1. The standard InChI is InChI=1S/C13H17F3N2O2S.ClH/c1-9-3-4-11(13(14,15)16)7-12(9)21(19,20)18-6-5-17-8-10(18)2;/h3-4,7,10,17H,5-6,8H2,1-2H3;1H/t10-;/m1./s1. The van der Waals surface area contributed by atoms with Gasteiger partial charge in [-0.05, 0) is 31.5 Å². The number of sulfonamides is 1. The normalized spacial score (nSPS) is 20.5. The molecule has 4 nitrogen and oxygen atoms in total. The van der Waals surface area contributed by atoms with Crippen molar-refractivity contribution in [2.24, 2.45) is 0 Å². The van der Waals surface area contributed by atoms with Gasteiger partial charge in [-0.15, -0.1) is 12.4 Å². The number of halogens is 4. The summed E-state index contributed by atoms with van der Waals surface area (Å²) in [6.07, 6.45) is -4.56. The molecule has 0 aliphatic carbocycles. The summed E-state index contributed by atoms with van der Waals surface area (Å²) in [4.78, 5) is -0.272. The Bertz CT molecular complexity index is 635. The van der Waals surface area contributed by atoms with Crippen molar-refractivity contribution in [2.75, 3.05) is 19.6 Å². The van der Waals surface area contributed by atoms with E-state index in [1.165, 1.54) is 17.3 Å². The number of benzene rings is 1. The highest BCUT2D eigenvalue weighted by molar-refractivity contribution is 7.89. The van der Waals surface area contributed by atoms with Gasteiger partial charge in [0, 0.05) is 25.7 Å². The lowest BCUT2D eigenvalue weighted by Gasteiger charge is -2.33. The highest BCUT2D eigenvalue weighted by Gasteiger charge is 2.35. The van der Waals surface area contributed by atoms with Crippen LogP contribution in [0.4, 0.5) is 13.2 Å². The summed E-state index contributed by atoms with van der Waals surface area (Å²) >= 11 is 0. The summed E-state index contributed by atoms with van der Waals surface area (Å²) in [6.45, 7) is 4.45. The van der Waals surface area contributed by atoms with Crippen molar-refractivity contribution in [2.45, 2.75) is 31.0 Å². The molecule has 1 heterocycles. The average molecular weight is 359 g/mol. The molecule has 0 saturated carbocycles. The van der Waals surface area contributed by atoms with Crippen LogP contribution in [-0.2, 0) is 16.2 Å². The van der Waals surface area contributed by atoms with Gasteiger partial charge in [-0.3, -0.25) is 0 Å². The second kappa shape index (κ2) is 6.74. The molecular weight excluding hydrogens is 341 g/mol. The minimum absolute atomic E-state index is 0. The zero-order valence-corrected chi connectivity index (χ0v) is 13.8. The van der Waals surface area contributed by atoms with Crippen molar-refractivity contribution in [3.05, 3.63) is 29.3 Å². The van der Waals surface area contributed by atoms with Crippen molar-refractivity contribution in [3.63, 3.8) is 0 Å². The van der Waals surface area contributed by atoms with Crippen LogP contribution >= 0.6 is 12.4 Å². The van der Waals surface area contributed by atoms with Gasteiger partial charge in [0.1, 0.15) is 0 Å². The molecule has 0 radical (unpaired) electrons. The molecule has 0 amide bonds. The summed E-state index contributed by atoms with van der Waals surface area (Å²) in [5, 5.41) is 3.05. The molecule has 1 aromatic carbocycles. The van der Waals surface area contributed by atoms with Crippen LogP contribution in [0.3, 0.4) is 0 Å². The van der Waals surface area contributed by atoms with E-state index in [9.17, 15) is 21.6 Å². The Hall–Kier alpha value is -0.830. The first kappa shape index (κ1) is 19.2. The number of nitrogens with one attached hydrogen (secondary N) is 1. The SMILES string of the molecule is Cc1ccc(C(F)(F)F)cc1S(=O)(=O)N1CCNC[C@H]1C.Cl. The van der Waals surface area contributed by atoms with Crippen LogP contribution in [0.15, 0.2) is 23.1 Å². The molecule has 1 saturated heterocycles. The van der Waals surface area contributed by atoms with Gasteiger partial charge in [-0.1, -0.05) is 6.07 Å². The summed E-state index contributed by atoms with van der Waals surface area (Å²) in [7, 11) is -3.93. The topological polar surface area (TPSA) is 49.4 Å². The number of hydrogen-bond acceptors (Lipinski definition) is 3. The molecule has 22 heavy (non-hydrogen) atoms. The number of piperazine rings is 1. The molecule has 1 fully saturated rings. The van der Waals surface area contributed by atoms with E-state index in [1.54, 1.807) is 6.92 Å². The summed E-state index contributed by atoms with van der Waals surface area (Å²) in [5.41, 5.74) is -0.636. The van der Waals surface area contributed by atoms with Gasteiger partial charge in [-0.25, -0.2) is 8.42 Å². The summed E-state index contributed by atoms with van der Waals surface area (Å²) in [5.74, 6) is 0. The number of rotatable bonds is 2. The fourth-order valence-corrected chi connectivity index (χ4v) is 4.24. The number of hydrogen-bond donors (Lipinski definition) is 1. The molecule has 1 aromatic rings. The van der Waals surface area contributed by atoms with Crippen LogP contribution in [-0.4, -0.2) is 38.4 Å². The quantitative estimate of drug-likeness (QED) is 0.883. The predicted molar refractivity (Wildman–Crippen MR) is 79.7 cm³/mol. The van der Waals surface area contributed by atoms with Gasteiger partial charge in [0.25, 0.3) is 0 Å². The number of nitrogens with zero attached hydrogens (tertiary/aromatic N) is 1. The smallest absolute Gasteiger partial charge is 0.314 e. The first-order valence-corrected chi connectivity index (χ1v) is 7.98. The molecule has 0 aromatic heterocycles. The van der Waals surface area contributed by atoms with E-state index < -0.39 is 21.8 Å². The Morgan fingerprint density at radius 1 is 1.32 bits per heavy atom. The van der Waals surface area contributed by atoms with E-state index in [0.717, 1.165) is 12.1 Å². The molecule has 1 aliphatic rings. The van der Waals surface area contributed by atoms with Crippen LogP contribution in [0, 0.1) is 6.92 Å². The predicted octanol–water partition coefficient (Wildman–Crippen LogP) is 2.42. The molecule has 0 unspecified atom stereocenters. The first-order valence-electron chi connectivity index (χ1n) is 6.54. The van der Waals surface area contributed by atoms with Crippen LogP contribution in [0.5, 0.6) is 0 Å². The van der Waals surface area contributed by atoms with Crippen LogP contribution in [0.25, 0.3) is 0 Å². The third kappa shape index (κ3) is 3.73. The van der Waals surface area contributed by atoms with Gasteiger partial charge >= 0.3 is 6.18 Å². The van der Waals surface area contributed by atoms with Gasteiger partial charge in [0.2, 0.25) is 10.0 Å². The Kier molecular flexibility index (Phi) is 5.88. The largest absolute Gasteiger partial charge is 0.416 e. The second-order valence-corrected chi connectivity index (χ2v) is 7.01. The zero-order valence-electron chi connectivity index (χ0n) is 12.1. The van der Waals surface area contributed by atoms with E-state index in [4.69, 9.17) is 0 Å². The second-order valence-electron chi connectivity index (χ2n) is 5.15. The fourth-order valence-electron chi connectivity index (χ4n) is 2.36. The van der Waals surface area contributed by atoms with Crippen LogP contribution < -0.4 is 5.32 Å². The lowest BCUT2D eigenvalue weighted by molar-refractivity contribution is -0.137. The molecule has 0 bridgehead atoms. The van der Waals surface area contributed by atoms with E-state index in [0.29, 0.717) is 18.7 Å². The molecule has 1 N–H and O–H groups in total. The summed E-state index contributed by atoms with van der Waals surface area (Å²) < 4.78 is 64.9. The van der Waals surface area contributed by atoms with Gasteiger partial charge in [0.05, 0.1) is 10.5 Å². The van der Waals surface area contributed by atoms with Crippen molar-refractivity contribution < 1.29 is 21.6 Å². The molecule has 1 atom stereocenters. The molecule has 9 heteroatoms. The maximum Gasteiger partial charge on any atom is 0.416 e. The third-order valence-electron chi connectivity index (χ3n) is 3.54. The molecule has 0 spiro atoms. The minimum atomic E-state index is -4.56. The van der Waals surface area contributed by atoms with E-state index in [-0.39, 0.29) is 29.9 Å². The minimum Gasteiger partial charge on any atom is -0.314 e. The first-order chi connectivity index (χ1) is 9.64. The Morgan fingerprint density at radius 3 is 2.50 bits per heavy atom. The van der Waals surface area contributed by atoms with Crippen molar-refractivity contribution in [1.82, 2.24) is 9.62 Å². The Labute approximate surface area is 134 Å². The van der Waals surface area contributed by atoms with E-state index >= 15 is 0 Å².